The van der Waals surface area contributed by atoms with Gasteiger partial charge in [0, 0.05) is 6.21 Å². The predicted molar refractivity (Wildman–Crippen MR) is 32.4 cm³/mol. The van der Waals surface area contributed by atoms with Crippen LogP contribution in [0.1, 0.15) is 7.43 Å². The van der Waals surface area contributed by atoms with Gasteiger partial charge in [0.2, 0.25) is 0 Å². The van der Waals surface area contributed by atoms with Crippen LogP contribution in [0.15, 0.2) is 17.3 Å². The minimum Gasteiger partial charge on any atom is -0.372 e. The summed E-state index contributed by atoms with van der Waals surface area (Å²) in [6, 6.07) is 0. The van der Waals surface area contributed by atoms with Crippen LogP contribution in [0.2, 0.25) is 0 Å². The molecule has 7 heavy (non-hydrogen) atoms. The molecular formula is C5H10N2. The highest BCUT2D eigenvalue weighted by molar-refractivity contribution is 5.71. The maximum atomic E-state index is 3.85. The zero-order valence-corrected chi connectivity index (χ0v) is 3.39. The van der Waals surface area contributed by atoms with Crippen molar-refractivity contribution in [1.29, 1.82) is 0 Å². The van der Waals surface area contributed by atoms with Crippen LogP contribution < -0.4 is 5.32 Å². The molecule has 0 aromatic heterocycles. The van der Waals surface area contributed by atoms with E-state index in [1.165, 1.54) is 0 Å². The second-order valence-corrected chi connectivity index (χ2v) is 1.05. The van der Waals surface area contributed by atoms with E-state index in [-0.39, 0.29) is 7.43 Å². The lowest BCUT2D eigenvalue weighted by molar-refractivity contribution is 0.879. The van der Waals surface area contributed by atoms with Crippen molar-refractivity contribution in [3.05, 3.63) is 12.3 Å². The van der Waals surface area contributed by atoms with Gasteiger partial charge in [-0.2, -0.15) is 0 Å². The molecule has 0 aromatic carbocycles. The molecule has 1 rings (SSSR count). The molecule has 0 saturated heterocycles. The average molecular weight is 98.1 g/mol. The van der Waals surface area contributed by atoms with Gasteiger partial charge >= 0.3 is 0 Å². The van der Waals surface area contributed by atoms with Crippen LogP contribution in [0.4, 0.5) is 0 Å². The first-order valence-electron chi connectivity index (χ1n) is 1.88. The monoisotopic (exact) mass is 98.1 g/mol. The molecule has 40 valence electrons. The largest absolute Gasteiger partial charge is 0.372 e. The summed E-state index contributed by atoms with van der Waals surface area (Å²) in [6.07, 6.45) is 5.51. The number of nitrogens with zero attached hydrogens (tertiary/aromatic N) is 1. The Morgan fingerprint density at radius 1 is 1.57 bits per heavy atom. The van der Waals surface area contributed by atoms with Gasteiger partial charge in [-0.05, 0) is 12.3 Å². The smallest absolute Gasteiger partial charge is 0.107 e. The Bertz CT molecular complexity index is 72.1. The second kappa shape index (κ2) is 3.40. The van der Waals surface area contributed by atoms with Crippen molar-refractivity contribution in [2.75, 3.05) is 6.67 Å². The topological polar surface area (TPSA) is 24.4 Å². The van der Waals surface area contributed by atoms with E-state index in [1.54, 1.807) is 6.21 Å². The molecule has 0 radical (unpaired) electrons. The van der Waals surface area contributed by atoms with Crippen molar-refractivity contribution in [3.63, 3.8) is 0 Å². The first-order chi connectivity index (χ1) is 3.00. The van der Waals surface area contributed by atoms with Crippen LogP contribution in [-0.4, -0.2) is 12.9 Å². The summed E-state index contributed by atoms with van der Waals surface area (Å²) in [5.41, 5.74) is 0. The molecule has 0 aromatic rings. The molecule has 1 N–H and O–H groups in total. The lowest BCUT2D eigenvalue weighted by Crippen LogP contribution is -2.06. The fourth-order valence-electron chi connectivity index (χ4n) is 0.330. The molecule has 0 unspecified atom stereocenters. The quantitative estimate of drug-likeness (QED) is 0.475. The highest BCUT2D eigenvalue weighted by Gasteiger charge is 1.73. The zero-order chi connectivity index (χ0) is 4.24. The van der Waals surface area contributed by atoms with Gasteiger partial charge in [0.05, 0.1) is 0 Å². The summed E-state index contributed by atoms with van der Waals surface area (Å²) >= 11 is 0. The van der Waals surface area contributed by atoms with Gasteiger partial charge in [0.1, 0.15) is 6.67 Å². The highest BCUT2D eigenvalue weighted by Crippen LogP contribution is 1.71. The standard InChI is InChI=1S/C4H6N2.CH4/c1-2-5-4-6-3-1;/h1-3,5H,4H2;1H4. The van der Waals surface area contributed by atoms with E-state index in [9.17, 15) is 0 Å². The molecule has 0 atom stereocenters. The van der Waals surface area contributed by atoms with Crippen LogP contribution in [0.3, 0.4) is 0 Å². The van der Waals surface area contributed by atoms with E-state index >= 15 is 0 Å². The molecule has 0 amide bonds. The Morgan fingerprint density at radius 3 is 2.57 bits per heavy atom. The molecule has 2 nitrogen and oxygen atoms in total. The number of nitrogens with one attached hydrogen (secondary N) is 1. The van der Waals surface area contributed by atoms with Crippen LogP contribution >= 0.6 is 0 Å². The molecule has 0 spiro atoms. The Morgan fingerprint density at radius 2 is 2.43 bits per heavy atom. The first kappa shape index (κ1) is 6.21. The predicted octanol–water partition coefficient (Wildman–Crippen LogP) is 0.768. The van der Waals surface area contributed by atoms with Crippen molar-refractivity contribution in [1.82, 2.24) is 5.32 Å². The molecule has 1 aliphatic heterocycles. The van der Waals surface area contributed by atoms with E-state index in [0.717, 1.165) is 6.67 Å². The van der Waals surface area contributed by atoms with Gasteiger partial charge in [-0.15, -0.1) is 0 Å². The van der Waals surface area contributed by atoms with Crippen molar-refractivity contribution in [3.8, 4) is 0 Å². The third-order valence-electron chi connectivity index (χ3n) is 0.588. The number of hydrogen-bond donors (Lipinski definition) is 1. The maximum Gasteiger partial charge on any atom is 0.107 e. The summed E-state index contributed by atoms with van der Waals surface area (Å²) in [6.45, 7) is 0.733. The number of allylic oxidation sites excluding steroid dienone is 1. The van der Waals surface area contributed by atoms with Gasteiger partial charge in [0.15, 0.2) is 0 Å². The molecule has 2 heteroatoms. The summed E-state index contributed by atoms with van der Waals surface area (Å²) in [5, 5.41) is 2.91. The Labute approximate surface area is 44.0 Å². The zero-order valence-electron chi connectivity index (χ0n) is 3.39. The van der Waals surface area contributed by atoms with E-state index in [1.807, 2.05) is 12.3 Å². The minimum absolute atomic E-state index is 0. The van der Waals surface area contributed by atoms with E-state index in [4.69, 9.17) is 0 Å². The molecular weight excluding hydrogens is 88.1 g/mol. The second-order valence-electron chi connectivity index (χ2n) is 1.05. The fourth-order valence-corrected chi connectivity index (χ4v) is 0.330. The van der Waals surface area contributed by atoms with Gasteiger partial charge in [0.25, 0.3) is 0 Å². The maximum absolute atomic E-state index is 3.85. The summed E-state index contributed by atoms with van der Waals surface area (Å²) < 4.78 is 0. The van der Waals surface area contributed by atoms with Crippen LogP contribution in [-0.2, 0) is 0 Å². The van der Waals surface area contributed by atoms with Crippen LogP contribution in [0.5, 0.6) is 0 Å². The fraction of sp³-hybridized carbons (Fsp3) is 0.400. The first-order valence-corrected chi connectivity index (χ1v) is 1.88. The molecule has 1 aliphatic rings. The number of rotatable bonds is 0. The van der Waals surface area contributed by atoms with Crippen LogP contribution in [0, 0.1) is 0 Å². The van der Waals surface area contributed by atoms with E-state index < -0.39 is 0 Å². The molecule has 0 fully saturated rings. The molecule has 0 saturated carbocycles. The van der Waals surface area contributed by atoms with Gasteiger partial charge in [-0.1, -0.05) is 7.43 Å². The van der Waals surface area contributed by atoms with Gasteiger partial charge in [-0.25, -0.2) is 0 Å². The summed E-state index contributed by atoms with van der Waals surface area (Å²) in [5.74, 6) is 0. The number of aliphatic imine (C=N–C) groups is 1. The Balaban J connectivity index is 0.000000360. The molecule has 1 heterocycles. The van der Waals surface area contributed by atoms with Crippen molar-refractivity contribution >= 4 is 6.21 Å². The lowest BCUT2D eigenvalue weighted by Gasteiger charge is -1.94. The van der Waals surface area contributed by atoms with Crippen LogP contribution in [0.25, 0.3) is 0 Å². The Kier molecular flexibility index (Phi) is 3.02. The summed E-state index contributed by atoms with van der Waals surface area (Å²) in [7, 11) is 0. The number of hydrogen-bond acceptors (Lipinski definition) is 2. The van der Waals surface area contributed by atoms with Gasteiger partial charge in [-0.3, -0.25) is 4.99 Å². The van der Waals surface area contributed by atoms with Crippen molar-refractivity contribution in [2.24, 2.45) is 4.99 Å². The Hall–Kier alpha value is -0.790. The molecule has 0 aliphatic carbocycles. The minimum atomic E-state index is 0. The molecule has 0 bridgehead atoms. The van der Waals surface area contributed by atoms with E-state index in [0.29, 0.717) is 0 Å². The van der Waals surface area contributed by atoms with Crippen molar-refractivity contribution < 1.29 is 0 Å². The van der Waals surface area contributed by atoms with Gasteiger partial charge < -0.3 is 5.32 Å². The normalized spacial score (nSPS) is 14.9. The summed E-state index contributed by atoms with van der Waals surface area (Å²) in [4.78, 5) is 3.85. The third-order valence-corrected chi connectivity index (χ3v) is 0.588. The highest BCUT2D eigenvalue weighted by atomic mass is 15.0. The SMILES string of the molecule is C.C1=CNCN=C1. The van der Waals surface area contributed by atoms with E-state index in [2.05, 4.69) is 10.3 Å². The average Bonchev–Trinajstić information content (AvgIpc) is 1.72. The lowest BCUT2D eigenvalue weighted by atomic mass is 10.6. The third kappa shape index (κ3) is 1.98. The van der Waals surface area contributed by atoms with Crippen molar-refractivity contribution in [2.45, 2.75) is 7.43 Å².